The Morgan fingerprint density at radius 3 is 2.00 bits per heavy atom. The minimum absolute atomic E-state index is 0.639. The minimum atomic E-state index is -0.639. The predicted octanol–water partition coefficient (Wildman–Crippen LogP) is 3.40. The first-order valence-electron chi connectivity index (χ1n) is 3.23. The topological polar surface area (TPSA) is 0 Å². The first kappa shape index (κ1) is 13.0. The molecule has 0 aliphatic heterocycles. The molecule has 1 radical (unpaired) electrons. The molecule has 0 aliphatic rings. The van der Waals surface area contributed by atoms with Gasteiger partial charge in [0.05, 0.1) is 0 Å². The van der Waals surface area contributed by atoms with E-state index in [1.165, 1.54) is 19.3 Å². The van der Waals surface area contributed by atoms with Crippen molar-refractivity contribution in [3.8, 4) is 0 Å². The van der Waals surface area contributed by atoms with Gasteiger partial charge in [-0.25, -0.2) is 0 Å². The molecule has 0 bridgehead atoms. The smallest absolute Gasteiger partial charge is 0.309 e. The van der Waals surface area contributed by atoms with Crippen LogP contribution in [-0.2, 0) is 0 Å². The second kappa shape index (κ2) is 16.2. The molecule has 0 aromatic carbocycles. The molecule has 0 fully saturated rings. The fourth-order valence-electron chi connectivity index (χ4n) is 0.408. The zero-order chi connectivity index (χ0) is 7.54. The van der Waals surface area contributed by atoms with E-state index in [4.69, 9.17) is 18.1 Å². The maximum atomic E-state index is 4.90. The van der Waals surface area contributed by atoms with E-state index in [0.717, 1.165) is 0 Å². The van der Waals surface area contributed by atoms with E-state index in [-0.39, 0.29) is 0 Å². The molecule has 0 saturated carbocycles. The summed E-state index contributed by atoms with van der Waals surface area (Å²) in [5.41, 5.74) is 0. The average Bonchev–Trinajstić information content (AvgIpc) is 1.86. The van der Waals surface area contributed by atoms with E-state index in [0.29, 0.717) is 0 Å². The van der Waals surface area contributed by atoms with Gasteiger partial charge in [0.1, 0.15) is 0 Å². The highest BCUT2D eigenvalue weighted by molar-refractivity contribution is 7.22. The molecule has 0 aromatic heterocycles. The summed E-state index contributed by atoms with van der Waals surface area (Å²) in [6.45, 7) is 4.32. The van der Waals surface area contributed by atoms with E-state index >= 15 is 0 Å². The van der Waals surface area contributed by atoms with Gasteiger partial charge < -0.3 is 18.1 Å². The van der Waals surface area contributed by atoms with Gasteiger partial charge in [0.25, 0.3) is 0 Å². The molecule has 0 atom stereocenters. The first-order valence-corrected chi connectivity index (χ1v) is 7.50. The van der Waals surface area contributed by atoms with Crippen LogP contribution in [0.25, 0.3) is 0 Å². The van der Waals surface area contributed by atoms with Crippen LogP contribution in [0, 0.1) is 6.42 Å². The summed E-state index contributed by atoms with van der Waals surface area (Å²) in [4.78, 5) is 0. The number of rotatable bonds is 3. The fourth-order valence-corrected chi connectivity index (χ4v) is 0.408. The van der Waals surface area contributed by atoms with Crippen LogP contribution in [0.1, 0.15) is 33.1 Å². The van der Waals surface area contributed by atoms with Crippen molar-refractivity contribution in [2.75, 3.05) is 0 Å². The molecule has 9 heavy (non-hydrogen) atoms. The lowest BCUT2D eigenvalue weighted by atomic mass is 10.2. The van der Waals surface area contributed by atoms with Gasteiger partial charge in [-0.3, -0.25) is 0 Å². The standard InChI is InChI=1S/C6H13.2ClH.Mg/c1-3-5-6-4-2;;;/h3H,4-6H2,1-2H3;2*1H;/q;;;+2/p-2. The van der Waals surface area contributed by atoms with Gasteiger partial charge in [-0.05, 0) is 6.42 Å². The molecular formula is C6H13Cl2Mg. The van der Waals surface area contributed by atoms with E-state index < -0.39 is 18.2 Å². The van der Waals surface area contributed by atoms with E-state index in [1.54, 1.807) is 0 Å². The second-order valence-electron chi connectivity index (χ2n) is 1.65. The molecule has 0 unspecified atom stereocenters. The van der Waals surface area contributed by atoms with Crippen molar-refractivity contribution in [2.45, 2.75) is 33.1 Å². The molecule has 0 saturated heterocycles. The quantitative estimate of drug-likeness (QED) is 0.461. The maximum absolute atomic E-state index is 4.90. The third-order valence-corrected chi connectivity index (χ3v) is 0.846. The molecule has 3 heteroatoms. The van der Waals surface area contributed by atoms with Crippen LogP contribution in [0.15, 0.2) is 0 Å². The van der Waals surface area contributed by atoms with Gasteiger partial charge in [-0.2, -0.15) is 0 Å². The van der Waals surface area contributed by atoms with Crippen molar-refractivity contribution in [1.29, 1.82) is 0 Å². The monoisotopic (exact) mass is 179 g/mol. The molecule has 0 heterocycles. The van der Waals surface area contributed by atoms with Gasteiger partial charge in [0, 0.05) is 0 Å². The highest BCUT2D eigenvalue weighted by Crippen LogP contribution is 1.94. The Hall–Kier alpha value is 1.35. The predicted molar refractivity (Wildman–Crippen MR) is 47.0 cm³/mol. The summed E-state index contributed by atoms with van der Waals surface area (Å²) >= 11 is -0.639. The second-order valence-corrected chi connectivity index (χ2v) is 4.28. The summed E-state index contributed by atoms with van der Waals surface area (Å²) < 4.78 is 0. The molecule has 0 aromatic rings. The Labute approximate surface area is 75.6 Å². The van der Waals surface area contributed by atoms with Crippen molar-refractivity contribution < 1.29 is 0 Å². The van der Waals surface area contributed by atoms with Gasteiger partial charge in [-0.1, -0.05) is 33.1 Å². The minimum Gasteiger partial charge on any atom is -0.309 e. The summed E-state index contributed by atoms with van der Waals surface area (Å²) in [5.74, 6) is 0. The Bertz CT molecular complexity index is 30.2. The largest absolute Gasteiger partial charge is 0.618 e. The SMILES string of the molecule is C[CH]CCCC.[Cl][Mg][Cl]. The fraction of sp³-hybridized carbons (Fsp3) is 0.833. The first-order chi connectivity index (χ1) is 4.33. The number of unbranched alkanes of at least 4 members (excludes halogenated alkanes) is 3. The molecule has 0 nitrogen and oxygen atoms in total. The van der Waals surface area contributed by atoms with Crippen molar-refractivity contribution in [2.24, 2.45) is 0 Å². The molecule has 0 N–H and O–H groups in total. The van der Waals surface area contributed by atoms with Crippen LogP contribution in [0.5, 0.6) is 0 Å². The average molecular weight is 180 g/mol. The lowest BCUT2D eigenvalue weighted by molar-refractivity contribution is 0.784. The van der Waals surface area contributed by atoms with E-state index in [9.17, 15) is 0 Å². The van der Waals surface area contributed by atoms with Crippen LogP contribution in [0.2, 0.25) is 0 Å². The van der Waals surface area contributed by atoms with Crippen LogP contribution in [-0.4, -0.2) is 18.2 Å². The summed E-state index contributed by atoms with van der Waals surface area (Å²) in [6.07, 6.45) is 6.18. The van der Waals surface area contributed by atoms with Crippen molar-refractivity contribution in [1.82, 2.24) is 0 Å². The molecule has 0 spiro atoms. The Morgan fingerprint density at radius 1 is 1.44 bits per heavy atom. The summed E-state index contributed by atoms with van der Waals surface area (Å²) in [6, 6.07) is 0. The maximum Gasteiger partial charge on any atom is 0.618 e. The Morgan fingerprint density at radius 2 is 1.89 bits per heavy atom. The van der Waals surface area contributed by atoms with Gasteiger partial charge in [0.15, 0.2) is 0 Å². The normalized spacial score (nSPS) is 7.11. The summed E-state index contributed by atoms with van der Waals surface area (Å²) in [7, 11) is 9.81. The zero-order valence-electron chi connectivity index (χ0n) is 6.16. The lowest BCUT2D eigenvalue weighted by Crippen LogP contribution is -1.67. The van der Waals surface area contributed by atoms with Crippen LogP contribution < -0.4 is 0 Å². The van der Waals surface area contributed by atoms with E-state index in [1.807, 2.05) is 0 Å². The third-order valence-electron chi connectivity index (χ3n) is 0.846. The van der Waals surface area contributed by atoms with Crippen LogP contribution >= 0.6 is 18.1 Å². The van der Waals surface area contributed by atoms with Gasteiger partial charge in [0.2, 0.25) is 0 Å². The number of hydrogen-bond acceptors (Lipinski definition) is 0. The Kier molecular flexibility index (Phi) is 23.3. The van der Waals surface area contributed by atoms with E-state index in [2.05, 4.69) is 20.3 Å². The summed E-state index contributed by atoms with van der Waals surface area (Å²) in [5, 5.41) is 0. The van der Waals surface area contributed by atoms with Crippen molar-refractivity contribution in [3.63, 3.8) is 0 Å². The van der Waals surface area contributed by atoms with Crippen molar-refractivity contribution >= 4 is 36.3 Å². The van der Waals surface area contributed by atoms with Crippen LogP contribution in [0.3, 0.4) is 0 Å². The highest BCUT2D eigenvalue weighted by Gasteiger charge is 1.75. The van der Waals surface area contributed by atoms with Gasteiger partial charge >= 0.3 is 18.2 Å². The highest BCUT2D eigenvalue weighted by atomic mass is 35.6. The third kappa shape index (κ3) is 26.7. The molecule has 0 amide bonds. The van der Waals surface area contributed by atoms with Gasteiger partial charge in [-0.15, -0.1) is 0 Å². The number of halogens is 2. The van der Waals surface area contributed by atoms with Crippen LogP contribution in [0.4, 0.5) is 0 Å². The Balaban J connectivity index is 0. The molecule has 53 valence electrons. The molecule has 0 rings (SSSR count). The lowest BCUT2D eigenvalue weighted by Gasteiger charge is -1.85. The van der Waals surface area contributed by atoms with Crippen molar-refractivity contribution in [3.05, 3.63) is 6.42 Å². The molecule has 0 aliphatic carbocycles. The molecular weight excluding hydrogens is 167 g/mol. The number of hydrogen-bond donors (Lipinski definition) is 0. The zero-order valence-corrected chi connectivity index (χ0v) is 9.09.